The molecule has 0 saturated heterocycles. The fourth-order valence-corrected chi connectivity index (χ4v) is 0.260. The molecule has 0 fully saturated rings. The van der Waals surface area contributed by atoms with Crippen molar-refractivity contribution in [1.82, 2.24) is 5.32 Å². The number of ether oxygens (including phenoxy) is 1. The second kappa shape index (κ2) is 4.83. The minimum absolute atomic E-state index is 0.116. The average molecular weight is 129 g/mol. The van der Waals surface area contributed by atoms with Crippen LogP contribution >= 0.6 is 0 Å². The van der Waals surface area contributed by atoms with E-state index in [4.69, 9.17) is 0 Å². The largest absolute Gasteiger partial charge is 0.434 e. The van der Waals surface area contributed by atoms with Gasteiger partial charge < -0.3 is 10.1 Å². The summed E-state index contributed by atoms with van der Waals surface area (Å²) in [7, 11) is 0. The topological polar surface area (TPSA) is 55.4 Å². The maximum absolute atomic E-state index is 10.3. The number of carbonyl (C=O) groups excluding carboxylic acids is 2. The van der Waals surface area contributed by atoms with E-state index >= 15 is 0 Å². The first-order valence-electron chi connectivity index (χ1n) is 2.28. The average Bonchev–Trinajstić information content (AvgIpc) is 1.85. The molecular weight excluding hydrogens is 122 g/mol. The molecule has 0 aliphatic rings. The molecule has 0 bridgehead atoms. The van der Waals surface area contributed by atoms with Crippen molar-refractivity contribution in [3.63, 3.8) is 0 Å². The van der Waals surface area contributed by atoms with Gasteiger partial charge in [-0.2, -0.15) is 0 Å². The Balaban J connectivity index is 3.26. The molecule has 0 radical (unpaired) electrons. The Morgan fingerprint density at radius 2 is 2.44 bits per heavy atom. The minimum atomic E-state index is -0.530. The van der Waals surface area contributed by atoms with Crippen LogP contribution in [0.5, 0.6) is 0 Å². The maximum atomic E-state index is 10.3. The van der Waals surface area contributed by atoms with Gasteiger partial charge in [0.2, 0.25) is 6.41 Å². The molecule has 9 heavy (non-hydrogen) atoms. The normalized spacial score (nSPS) is 7.56. The van der Waals surface area contributed by atoms with Crippen LogP contribution in [0.25, 0.3) is 0 Å². The summed E-state index contributed by atoms with van der Waals surface area (Å²) in [5, 5.41) is 2.13. The lowest BCUT2D eigenvalue weighted by molar-refractivity contribution is -0.137. The Bertz CT molecular complexity index is 121. The van der Waals surface area contributed by atoms with E-state index in [9.17, 15) is 9.59 Å². The number of rotatable bonds is 4. The second-order valence-corrected chi connectivity index (χ2v) is 1.16. The number of amides is 1. The quantitative estimate of drug-likeness (QED) is 0.314. The Labute approximate surface area is 52.5 Å². The van der Waals surface area contributed by atoms with Crippen LogP contribution in [0.15, 0.2) is 12.8 Å². The van der Waals surface area contributed by atoms with Crippen molar-refractivity contribution in [2.24, 2.45) is 0 Å². The lowest BCUT2D eigenvalue weighted by Crippen LogP contribution is -2.21. The van der Waals surface area contributed by atoms with Crippen molar-refractivity contribution in [2.45, 2.75) is 0 Å². The molecule has 0 saturated carbocycles. The van der Waals surface area contributed by atoms with Crippen LogP contribution in [0.1, 0.15) is 0 Å². The summed E-state index contributed by atoms with van der Waals surface area (Å²) in [5.41, 5.74) is 0. The summed E-state index contributed by atoms with van der Waals surface area (Å²) in [5.74, 6) is -0.530. The van der Waals surface area contributed by atoms with Crippen molar-refractivity contribution in [2.75, 3.05) is 6.54 Å². The second-order valence-electron chi connectivity index (χ2n) is 1.16. The van der Waals surface area contributed by atoms with E-state index in [1.807, 2.05) is 0 Å². The van der Waals surface area contributed by atoms with Crippen molar-refractivity contribution in [1.29, 1.82) is 0 Å². The van der Waals surface area contributed by atoms with E-state index in [2.05, 4.69) is 16.6 Å². The Hall–Kier alpha value is -1.32. The highest BCUT2D eigenvalue weighted by Crippen LogP contribution is 1.73. The van der Waals surface area contributed by atoms with Crippen LogP contribution < -0.4 is 5.32 Å². The zero-order valence-corrected chi connectivity index (χ0v) is 4.79. The van der Waals surface area contributed by atoms with E-state index in [1.165, 1.54) is 0 Å². The van der Waals surface area contributed by atoms with Crippen LogP contribution in [0.3, 0.4) is 0 Å². The van der Waals surface area contributed by atoms with E-state index in [1.54, 1.807) is 0 Å². The van der Waals surface area contributed by atoms with Crippen LogP contribution in [-0.4, -0.2) is 18.9 Å². The first-order chi connectivity index (χ1) is 4.31. The molecule has 0 spiro atoms. The highest BCUT2D eigenvalue weighted by Gasteiger charge is 1.95. The summed E-state index contributed by atoms with van der Waals surface area (Å²) in [6, 6.07) is 0. The highest BCUT2D eigenvalue weighted by atomic mass is 16.5. The van der Waals surface area contributed by atoms with Gasteiger partial charge in [-0.15, -0.1) is 0 Å². The van der Waals surface area contributed by atoms with Gasteiger partial charge in [0.25, 0.3) is 0 Å². The third-order valence-electron chi connectivity index (χ3n) is 0.545. The van der Waals surface area contributed by atoms with Gasteiger partial charge in [0.1, 0.15) is 6.54 Å². The predicted molar refractivity (Wildman–Crippen MR) is 30.4 cm³/mol. The highest BCUT2D eigenvalue weighted by molar-refractivity contribution is 5.74. The van der Waals surface area contributed by atoms with E-state index in [-0.39, 0.29) is 6.54 Å². The van der Waals surface area contributed by atoms with Crippen molar-refractivity contribution < 1.29 is 14.3 Å². The van der Waals surface area contributed by atoms with Gasteiger partial charge in [-0.05, 0) is 0 Å². The van der Waals surface area contributed by atoms with Gasteiger partial charge in [0.15, 0.2) is 0 Å². The maximum Gasteiger partial charge on any atom is 0.330 e. The summed E-state index contributed by atoms with van der Waals surface area (Å²) in [6.07, 6.45) is 1.43. The summed E-state index contributed by atoms with van der Waals surface area (Å²) >= 11 is 0. The van der Waals surface area contributed by atoms with Gasteiger partial charge in [0, 0.05) is 0 Å². The Kier molecular flexibility index (Phi) is 4.12. The number of esters is 1. The number of nitrogens with one attached hydrogen (secondary N) is 1. The van der Waals surface area contributed by atoms with E-state index < -0.39 is 5.97 Å². The number of carbonyl (C=O) groups is 2. The molecule has 1 N–H and O–H groups in total. The van der Waals surface area contributed by atoms with Crippen molar-refractivity contribution in [3.8, 4) is 0 Å². The lowest BCUT2D eigenvalue weighted by Gasteiger charge is -1.94. The van der Waals surface area contributed by atoms with Gasteiger partial charge in [-0.25, -0.2) is 4.79 Å². The molecule has 0 aromatic rings. The van der Waals surface area contributed by atoms with Crippen LogP contribution in [0.2, 0.25) is 0 Å². The molecule has 0 heterocycles. The zero-order chi connectivity index (χ0) is 7.11. The molecule has 50 valence electrons. The van der Waals surface area contributed by atoms with Crippen LogP contribution in [0, 0.1) is 0 Å². The Morgan fingerprint density at radius 1 is 1.78 bits per heavy atom. The molecule has 0 aromatic carbocycles. The standard InChI is InChI=1S/C5H7NO3/c1-2-9-5(8)3-6-4-7/h2,4H,1,3H2,(H,6,7). The van der Waals surface area contributed by atoms with E-state index in [0.29, 0.717) is 6.41 Å². The van der Waals surface area contributed by atoms with Crippen LogP contribution in [0.4, 0.5) is 0 Å². The zero-order valence-electron chi connectivity index (χ0n) is 4.79. The van der Waals surface area contributed by atoms with Gasteiger partial charge in [-0.1, -0.05) is 6.58 Å². The monoisotopic (exact) mass is 129 g/mol. The SMILES string of the molecule is C=COC(=O)CNC=O. The fourth-order valence-electron chi connectivity index (χ4n) is 0.260. The minimum Gasteiger partial charge on any atom is -0.434 e. The molecule has 0 aliphatic heterocycles. The van der Waals surface area contributed by atoms with Crippen LogP contribution in [-0.2, 0) is 14.3 Å². The summed E-state index contributed by atoms with van der Waals surface area (Å²) in [6.45, 7) is 3.03. The molecular formula is C5H7NO3. The first-order valence-corrected chi connectivity index (χ1v) is 2.28. The number of hydrogen-bond donors (Lipinski definition) is 1. The predicted octanol–water partition coefficient (Wildman–Crippen LogP) is -0.581. The van der Waals surface area contributed by atoms with Gasteiger partial charge in [-0.3, -0.25) is 4.79 Å². The molecule has 0 unspecified atom stereocenters. The van der Waals surface area contributed by atoms with Crippen molar-refractivity contribution in [3.05, 3.63) is 12.8 Å². The summed E-state index contributed by atoms with van der Waals surface area (Å²) < 4.78 is 4.25. The van der Waals surface area contributed by atoms with Crippen molar-refractivity contribution >= 4 is 12.4 Å². The van der Waals surface area contributed by atoms with Gasteiger partial charge >= 0.3 is 5.97 Å². The number of hydrogen-bond acceptors (Lipinski definition) is 3. The third kappa shape index (κ3) is 4.53. The molecule has 0 atom stereocenters. The molecule has 1 amide bonds. The molecule has 0 aromatic heterocycles. The fraction of sp³-hybridized carbons (Fsp3) is 0.200. The molecule has 0 rings (SSSR count). The lowest BCUT2D eigenvalue weighted by atomic mass is 10.7. The third-order valence-corrected chi connectivity index (χ3v) is 0.545. The summed E-state index contributed by atoms with van der Waals surface area (Å²) in [4.78, 5) is 19.9. The first kappa shape index (κ1) is 7.68. The molecule has 4 nitrogen and oxygen atoms in total. The molecule has 4 heteroatoms. The molecule has 0 aliphatic carbocycles. The van der Waals surface area contributed by atoms with E-state index in [0.717, 1.165) is 6.26 Å². The van der Waals surface area contributed by atoms with Gasteiger partial charge in [0.05, 0.1) is 6.26 Å². The smallest absolute Gasteiger partial charge is 0.330 e. The Morgan fingerprint density at radius 3 is 2.89 bits per heavy atom.